The Balaban J connectivity index is 0.00000341. The van der Waals surface area contributed by atoms with E-state index in [1.165, 1.54) is 11.8 Å². The van der Waals surface area contributed by atoms with Gasteiger partial charge in [0, 0.05) is 52.1 Å². The number of halogens is 1. The average Bonchev–Trinajstić information content (AvgIpc) is 2.74. The van der Waals surface area contributed by atoms with Gasteiger partial charge in [-0.3, -0.25) is 9.89 Å². The van der Waals surface area contributed by atoms with Crippen molar-refractivity contribution in [2.24, 2.45) is 4.99 Å². The highest BCUT2D eigenvalue weighted by molar-refractivity contribution is 14.0. The minimum absolute atomic E-state index is 0. The molecular formula is C23H33IN4O2S. The average molecular weight is 557 g/mol. The molecule has 170 valence electrons. The van der Waals surface area contributed by atoms with Crippen molar-refractivity contribution in [1.82, 2.24) is 15.1 Å². The Labute approximate surface area is 203 Å². The summed E-state index contributed by atoms with van der Waals surface area (Å²) < 4.78 is 23.2. The van der Waals surface area contributed by atoms with Crippen LogP contribution in [0.2, 0.25) is 0 Å². The van der Waals surface area contributed by atoms with Crippen LogP contribution in [0.3, 0.4) is 0 Å². The highest BCUT2D eigenvalue weighted by Crippen LogP contribution is 2.11. The minimum atomic E-state index is -3.15. The van der Waals surface area contributed by atoms with Gasteiger partial charge in [-0.2, -0.15) is 0 Å². The molecular weight excluding hydrogens is 523 g/mol. The third kappa shape index (κ3) is 8.08. The first-order valence-electron chi connectivity index (χ1n) is 10.5. The number of guanidine groups is 1. The van der Waals surface area contributed by atoms with Gasteiger partial charge in [0.15, 0.2) is 15.8 Å². The number of benzene rings is 2. The van der Waals surface area contributed by atoms with E-state index in [4.69, 9.17) is 4.99 Å². The largest absolute Gasteiger partial charge is 0.357 e. The molecule has 2 aromatic carbocycles. The van der Waals surface area contributed by atoms with Gasteiger partial charge >= 0.3 is 0 Å². The fourth-order valence-corrected chi connectivity index (χ4v) is 4.21. The number of rotatable bonds is 7. The van der Waals surface area contributed by atoms with Gasteiger partial charge < -0.3 is 10.2 Å². The molecule has 0 atom stereocenters. The molecule has 0 aromatic heterocycles. The van der Waals surface area contributed by atoms with Crippen molar-refractivity contribution in [2.45, 2.75) is 24.8 Å². The maximum Gasteiger partial charge on any atom is 0.194 e. The van der Waals surface area contributed by atoms with Gasteiger partial charge in [-0.25, -0.2) is 8.42 Å². The Morgan fingerprint density at radius 3 is 2.19 bits per heavy atom. The Morgan fingerprint density at radius 2 is 1.61 bits per heavy atom. The second-order valence-corrected chi connectivity index (χ2v) is 9.67. The van der Waals surface area contributed by atoms with Gasteiger partial charge in [-0.15, -0.1) is 24.0 Å². The van der Waals surface area contributed by atoms with Crippen molar-refractivity contribution in [3.8, 4) is 0 Å². The highest BCUT2D eigenvalue weighted by Gasteiger charge is 2.19. The fraction of sp³-hybridized carbons (Fsp3) is 0.435. The summed E-state index contributed by atoms with van der Waals surface area (Å²) in [5.41, 5.74) is 2.45. The molecule has 6 nitrogen and oxygen atoms in total. The van der Waals surface area contributed by atoms with Crippen molar-refractivity contribution < 1.29 is 8.42 Å². The van der Waals surface area contributed by atoms with E-state index >= 15 is 0 Å². The maximum absolute atomic E-state index is 11.6. The molecule has 1 fully saturated rings. The molecule has 8 heteroatoms. The normalized spacial score (nSPS) is 15.4. The summed E-state index contributed by atoms with van der Waals surface area (Å²) in [5.74, 6) is 0.963. The van der Waals surface area contributed by atoms with Crippen molar-refractivity contribution in [3.05, 3.63) is 65.7 Å². The number of sulfone groups is 1. The van der Waals surface area contributed by atoms with E-state index in [0.29, 0.717) is 11.4 Å². The van der Waals surface area contributed by atoms with E-state index in [-0.39, 0.29) is 24.0 Å². The van der Waals surface area contributed by atoms with Crippen LogP contribution in [0.1, 0.15) is 18.1 Å². The van der Waals surface area contributed by atoms with Crippen LogP contribution in [0.5, 0.6) is 0 Å². The van der Waals surface area contributed by atoms with Crippen LogP contribution in [-0.2, 0) is 22.8 Å². The molecule has 1 aliphatic rings. The number of nitrogens with one attached hydrogen (secondary N) is 1. The molecule has 0 aliphatic carbocycles. The summed E-state index contributed by atoms with van der Waals surface area (Å²) in [7, 11) is -3.15. The summed E-state index contributed by atoms with van der Waals surface area (Å²) >= 11 is 0. The third-order valence-electron chi connectivity index (χ3n) is 5.27. The molecule has 0 radical (unpaired) electrons. The molecule has 0 bridgehead atoms. The van der Waals surface area contributed by atoms with Crippen LogP contribution in [0, 0.1) is 0 Å². The van der Waals surface area contributed by atoms with Crippen LogP contribution in [-0.4, -0.2) is 69.7 Å². The van der Waals surface area contributed by atoms with Crippen LogP contribution in [0.4, 0.5) is 0 Å². The van der Waals surface area contributed by atoms with E-state index in [0.717, 1.165) is 57.2 Å². The first-order chi connectivity index (χ1) is 14.5. The van der Waals surface area contributed by atoms with Crippen molar-refractivity contribution in [3.63, 3.8) is 0 Å². The Kier molecular flexibility index (Phi) is 10.2. The molecule has 1 aliphatic heterocycles. The molecule has 3 rings (SSSR count). The summed E-state index contributed by atoms with van der Waals surface area (Å²) in [6.45, 7) is 8.55. The molecule has 0 unspecified atom stereocenters. The van der Waals surface area contributed by atoms with Gasteiger partial charge in [0.2, 0.25) is 0 Å². The van der Waals surface area contributed by atoms with Gasteiger partial charge in [0.25, 0.3) is 0 Å². The van der Waals surface area contributed by atoms with E-state index in [1.54, 1.807) is 12.1 Å². The number of nitrogens with zero attached hydrogens (tertiary/aromatic N) is 3. The lowest BCUT2D eigenvalue weighted by atomic mass is 10.1. The zero-order chi connectivity index (χ0) is 21.4. The first-order valence-corrected chi connectivity index (χ1v) is 12.4. The standard InChI is InChI=1S/C23H32N4O2S.HI/c1-3-24-23(25-14-13-20-9-11-22(12-10-20)30(2,28)29)27-17-15-26(16-18-27)19-21-7-5-4-6-8-21;/h4-12H,3,13-19H2,1-2H3,(H,24,25);1H. The van der Waals surface area contributed by atoms with E-state index in [2.05, 4.69) is 52.4 Å². The lowest BCUT2D eigenvalue weighted by molar-refractivity contribution is 0.172. The molecule has 0 saturated carbocycles. The Hall–Kier alpha value is -1.65. The topological polar surface area (TPSA) is 65.0 Å². The van der Waals surface area contributed by atoms with Crippen molar-refractivity contribution in [2.75, 3.05) is 45.5 Å². The Bertz CT molecular complexity index is 926. The van der Waals surface area contributed by atoms with Crippen LogP contribution < -0.4 is 5.32 Å². The van der Waals surface area contributed by atoms with Crippen LogP contribution in [0.25, 0.3) is 0 Å². The maximum atomic E-state index is 11.6. The predicted molar refractivity (Wildman–Crippen MR) is 138 cm³/mol. The van der Waals surface area contributed by atoms with E-state index in [1.807, 2.05) is 12.1 Å². The number of piperazine rings is 1. The third-order valence-corrected chi connectivity index (χ3v) is 6.40. The zero-order valence-electron chi connectivity index (χ0n) is 18.3. The zero-order valence-corrected chi connectivity index (χ0v) is 21.5. The highest BCUT2D eigenvalue weighted by atomic mass is 127. The molecule has 0 spiro atoms. The predicted octanol–water partition coefficient (Wildman–Crippen LogP) is 3.03. The monoisotopic (exact) mass is 556 g/mol. The first kappa shape index (κ1) is 25.6. The number of aliphatic imine (C=N–C) groups is 1. The molecule has 1 saturated heterocycles. The smallest absolute Gasteiger partial charge is 0.194 e. The summed E-state index contributed by atoms with van der Waals surface area (Å²) in [5, 5.41) is 3.41. The second-order valence-electron chi connectivity index (χ2n) is 7.65. The molecule has 1 heterocycles. The minimum Gasteiger partial charge on any atom is -0.357 e. The molecule has 31 heavy (non-hydrogen) atoms. The van der Waals surface area contributed by atoms with Gasteiger partial charge in [0.1, 0.15) is 0 Å². The van der Waals surface area contributed by atoms with Gasteiger partial charge in [-0.1, -0.05) is 42.5 Å². The van der Waals surface area contributed by atoms with Gasteiger partial charge in [0.05, 0.1) is 4.90 Å². The lowest BCUT2D eigenvalue weighted by Crippen LogP contribution is -2.52. The fourth-order valence-electron chi connectivity index (χ4n) is 3.58. The summed E-state index contributed by atoms with van der Waals surface area (Å²) in [6.07, 6.45) is 2.02. The SMILES string of the molecule is CCNC(=NCCc1ccc(S(C)(=O)=O)cc1)N1CCN(Cc2ccccc2)CC1.I. The Morgan fingerprint density at radius 1 is 0.968 bits per heavy atom. The number of hydrogen-bond acceptors (Lipinski definition) is 4. The summed E-state index contributed by atoms with van der Waals surface area (Å²) in [4.78, 5) is 9.98. The lowest BCUT2D eigenvalue weighted by Gasteiger charge is -2.36. The number of hydrogen-bond donors (Lipinski definition) is 1. The van der Waals surface area contributed by atoms with E-state index < -0.39 is 9.84 Å². The van der Waals surface area contributed by atoms with Crippen molar-refractivity contribution in [1.29, 1.82) is 0 Å². The quantitative estimate of drug-likeness (QED) is 0.323. The second kappa shape index (κ2) is 12.4. The van der Waals surface area contributed by atoms with Crippen molar-refractivity contribution >= 4 is 39.8 Å². The van der Waals surface area contributed by atoms with Crippen LogP contribution >= 0.6 is 24.0 Å². The molecule has 0 amide bonds. The van der Waals surface area contributed by atoms with Crippen LogP contribution in [0.15, 0.2) is 64.5 Å². The molecule has 2 aromatic rings. The molecule has 1 N–H and O–H groups in total. The van der Waals surface area contributed by atoms with E-state index in [9.17, 15) is 8.42 Å². The summed E-state index contributed by atoms with van der Waals surface area (Å²) in [6, 6.07) is 17.7. The van der Waals surface area contributed by atoms with Gasteiger partial charge in [-0.05, 0) is 36.6 Å².